The van der Waals surface area contributed by atoms with E-state index in [4.69, 9.17) is 5.73 Å². The van der Waals surface area contributed by atoms with E-state index in [0.29, 0.717) is 6.54 Å². The second kappa shape index (κ2) is 5.15. The van der Waals surface area contributed by atoms with Crippen LogP contribution in [0.15, 0.2) is 24.4 Å². The molecule has 1 aromatic heterocycles. The fourth-order valence-electron chi connectivity index (χ4n) is 2.97. The molecule has 0 saturated heterocycles. The molecule has 2 atom stereocenters. The van der Waals surface area contributed by atoms with E-state index in [-0.39, 0.29) is 17.4 Å². The summed E-state index contributed by atoms with van der Waals surface area (Å²) < 4.78 is 0. The van der Waals surface area contributed by atoms with Crippen LogP contribution in [0.3, 0.4) is 0 Å². The van der Waals surface area contributed by atoms with Crippen molar-refractivity contribution in [1.82, 2.24) is 4.98 Å². The summed E-state index contributed by atoms with van der Waals surface area (Å²) in [4.78, 5) is 4.33. The monoisotopic (exact) mass is 234 g/mol. The van der Waals surface area contributed by atoms with Crippen molar-refractivity contribution in [2.24, 2.45) is 11.1 Å². The molecule has 17 heavy (non-hydrogen) atoms. The van der Waals surface area contributed by atoms with Crippen LogP contribution in [-0.4, -0.2) is 22.7 Å². The lowest BCUT2D eigenvalue weighted by Gasteiger charge is -2.35. The first-order valence-electron chi connectivity index (χ1n) is 6.46. The van der Waals surface area contributed by atoms with E-state index in [1.807, 2.05) is 18.2 Å². The Morgan fingerprint density at radius 1 is 1.41 bits per heavy atom. The molecule has 2 rings (SSSR count). The van der Waals surface area contributed by atoms with E-state index in [0.717, 1.165) is 18.5 Å². The number of aliphatic hydroxyl groups excluding tert-OH is 1. The van der Waals surface area contributed by atoms with Crippen LogP contribution in [0.1, 0.15) is 44.2 Å². The maximum absolute atomic E-state index is 10.6. The minimum Gasteiger partial charge on any atom is -0.392 e. The van der Waals surface area contributed by atoms with Gasteiger partial charge in [-0.3, -0.25) is 4.98 Å². The molecule has 3 heteroatoms. The van der Waals surface area contributed by atoms with E-state index in [1.54, 1.807) is 6.20 Å². The van der Waals surface area contributed by atoms with Crippen molar-refractivity contribution in [2.75, 3.05) is 6.54 Å². The predicted octanol–water partition coefficient (Wildman–Crippen LogP) is 2.07. The number of aliphatic hydroxyl groups is 1. The summed E-state index contributed by atoms with van der Waals surface area (Å²) in [5.41, 5.74) is 6.76. The molecule has 0 aliphatic heterocycles. The number of rotatable bonds is 4. The molecule has 1 aliphatic rings. The van der Waals surface area contributed by atoms with Crippen LogP contribution in [0.2, 0.25) is 0 Å². The first-order valence-corrected chi connectivity index (χ1v) is 6.46. The van der Waals surface area contributed by atoms with Gasteiger partial charge in [-0.15, -0.1) is 0 Å². The Labute approximate surface area is 103 Å². The third-order valence-electron chi connectivity index (χ3n) is 4.16. The molecule has 3 nitrogen and oxygen atoms in total. The van der Waals surface area contributed by atoms with Crippen LogP contribution in [0, 0.1) is 5.41 Å². The fourth-order valence-corrected chi connectivity index (χ4v) is 2.97. The molecule has 1 heterocycles. The summed E-state index contributed by atoms with van der Waals surface area (Å²) >= 11 is 0. The maximum atomic E-state index is 10.6. The van der Waals surface area contributed by atoms with Crippen LogP contribution in [0.4, 0.5) is 0 Å². The summed E-state index contributed by atoms with van der Waals surface area (Å²) in [7, 11) is 0. The molecule has 0 radical (unpaired) electrons. The summed E-state index contributed by atoms with van der Waals surface area (Å²) in [6, 6.07) is 5.80. The average Bonchev–Trinajstić information content (AvgIpc) is 2.80. The zero-order valence-electron chi connectivity index (χ0n) is 10.5. The third-order valence-corrected chi connectivity index (χ3v) is 4.16. The minimum atomic E-state index is -0.384. The molecule has 0 aromatic carbocycles. The highest BCUT2D eigenvalue weighted by molar-refractivity contribution is 5.14. The van der Waals surface area contributed by atoms with E-state index in [2.05, 4.69) is 11.9 Å². The largest absolute Gasteiger partial charge is 0.392 e. The predicted molar refractivity (Wildman–Crippen MR) is 68.6 cm³/mol. The molecule has 2 unspecified atom stereocenters. The Morgan fingerprint density at radius 3 is 2.65 bits per heavy atom. The van der Waals surface area contributed by atoms with Gasteiger partial charge < -0.3 is 10.8 Å². The van der Waals surface area contributed by atoms with Gasteiger partial charge in [-0.05, 0) is 30.4 Å². The number of pyridine rings is 1. The Hall–Kier alpha value is -0.930. The molecule has 1 saturated carbocycles. The van der Waals surface area contributed by atoms with Crippen LogP contribution < -0.4 is 5.73 Å². The van der Waals surface area contributed by atoms with Crippen LogP contribution >= 0.6 is 0 Å². The number of nitrogens with zero attached hydrogens (tertiary/aromatic N) is 1. The average molecular weight is 234 g/mol. The highest BCUT2D eigenvalue weighted by Gasteiger charge is 2.40. The quantitative estimate of drug-likeness (QED) is 0.838. The van der Waals surface area contributed by atoms with Gasteiger partial charge in [0, 0.05) is 24.4 Å². The zero-order chi connectivity index (χ0) is 12.3. The number of aromatic nitrogens is 1. The second-order valence-electron chi connectivity index (χ2n) is 5.40. The summed E-state index contributed by atoms with van der Waals surface area (Å²) in [5.74, 6) is -0.0423. The van der Waals surface area contributed by atoms with E-state index < -0.39 is 0 Å². The normalized spacial score (nSPS) is 22.3. The number of nitrogens with two attached hydrogens (primary N) is 1. The molecular formula is C14H22N2O. The van der Waals surface area contributed by atoms with Crippen molar-refractivity contribution in [1.29, 1.82) is 0 Å². The fraction of sp³-hybridized carbons (Fsp3) is 0.643. The Balaban J connectivity index is 2.18. The number of hydrogen-bond donors (Lipinski definition) is 2. The second-order valence-corrected chi connectivity index (χ2v) is 5.40. The Kier molecular flexibility index (Phi) is 3.79. The van der Waals surface area contributed by atoms with Gasteiger partial charge in [0.25, 0.3) is 0 Å². The molecule has 3 N–H and O–H groups in total. The highest BCUT2D eigenvalue weighted by atomic mass is 16.3. The summed E-state index contributed by atoms with van der Waals surface area (Å²) in [6.45, 7) is 2.63. The molecule has 1 aliphatic carbocycles. The van der Waals surface area contributed by atoms with Gasteiger partial charge in [-0.2, -0.15) is 0 Å². The standard InChI is InChI=1S/C14H22N2O/c1-14(7-3-4-8-14)13(17)11(10-15)12-6-2-5-9-16-12/h2,5-6,9,11,13,17H,3-4,7-8,10,15H2,1H3. The molecule has 0 amide bonds. The smallest absolute Gasteiger partial charge is 0.0689 e. The lowest BCUT2D eigenvalue weighted by molar-refractivity contribution is 0.0203. The molecule has 0 bridgehead atoms. The van der Waals surface area contributed by atoms with Crippen molar-refractivity contribution in [3.63, 3.8) is 0 Å². The van der Waals surface area contributed by atoms with Gasteiger partial charge in [-0.25, -0.2) is 0 Å². The van der Waals surface area contributed by atoms with Crippen molar-refractivity contribution in [2.45, 2.75) is 44.6 Å². The van der Waals surface area contributed by atoms with E-state index in [9.17, 15) is 5.11 Å². The molecule has 1 fully saturated rings. The SMILES string of the molecule is CC1(C(O)C(CN)c2ccccn2)CCCC1. The summed E-state index contributed by atoms with van der Waals surface area (Å²) in [5, 5.41) is 10.6. The minimum absolute atomic E-state index is 0.0154. The van der Waals surface area contributed by atoms with Crippen molar-refractivity contribution in [3.05, 3.63) is 30.1 Å². The maximum Gasteiger partial charge on any atom is 0.0689 e. The first kappa shape index (κ1) is 12.5. The molecule has 0 spiro atoms. The third kappa shape index (κ3) is 2.50. The van der Waals surface area contributed by atoms with E-state index >= 15 is 0 Å². The van der Waals surface area contributed by atoms with Gasteiger partial charge in [0.05, 0.1) is 6.10 Å². The topological polar surface area (TPSA) is 59.1 Å². The van der Waals surface area contributed by atoms with Gasteiger partial charge in [-0.1, -0.05) is 25.8 Å². The molecule has 94 valence electrons. The van der Waals surface area contributed by atoms with Gasteiger partial charge >= 0.3 is 0 Å². The summed E-state index contributed by atoms with van der Waals surface area (Å²) in [6.07, 6.45) is 6.00. The Morgan fingerprint density at radius 2 is 2.12 bits per heavy atom. The first-order chi connectivity index (χ1) is 8.17. The molecular weight excluding hydrogens is 212 g/mol. The van der Waals surface area contributed by atoms with Crippen molar-refractivity contribution in [3.8, 4) is 0 Å². The van der Waals surface area contributed by atoms with Crippen LogP contribution in [0.25, 0.3) is 0 Å². The van der Waals surface area contributed by atoms with Crippen LogP contribution in [0.5, 0.6) is 0 Å². The zero-order valence-corrected chi connectivity index (χ0v) is 10.5. The van der Waals surface area contributed by atoms with Crippen LogP contribution in [-0.2, 0) is 0 Å². The lowest BCUT2D eigenvalue weighted by atomic mass is 9.75. The van der Waals surface area contributed by atoms with Gasteiger partial charge in [0.15, 0.2) is 0 Å². The van der Waals surface area contributed by atoms with Gasteiger partial charge in [0.2, 0.25) is 0 Å². The lowest BCUT2D eigenvalue weighted by Crippen LogP contribution is -2.38. The number of hydrogen-bond acceptors (Lipinski definition) is 3. The van der Waals surface area contributed by atoms with E-state index in [1.165, 1.54) is 12.8 Å². The highest BCUT2D eigenvalue weighted by Crippen LogP contribution is 2.44. The van der Waals surface area contributed by atoms with Crippen molar-refractivity contribution < 1.29 is 5.11 Å². The van der Waals surface area contributed by atoms with Gasteiger partial charge in [0.1, 0.15) is 0 Å². The molecule has 1 aromatic rings. The Bertz CT molecular complexity index is 346. The van der Waals surface area contributed by atoms with Crippen molar-refractivity contribution >= 4 is 0 Å².